The Balaban J connectivity index is 1.78. The minimum Gasteiger partial charge on any atom is -0.384 e. The molecule has 0 aliphatic carbocycles. The van der Waals surface area contributed by atoms with E-state index >= 15 is 0 Å². The lowest BCUT2D eigenvalue weighted by atomic mass is 10.0. The fourth-order valence-electron chi connectivity index (χ4n) is 3.48. The lowest BCUT2D eigenvalue weighted by molar-refractivity contribution is -0.147. The van der Waals surface area contributed by atoms with Gasteiger partial charge >= 0.3 is 0 Å². The van der Waals surface area contributed by atoms with Gasteiger partial charge in [0, 0.05) is 5.56 Å². The van der Waals surface area contributed by atoms with Gasteiger partial charge in [-0.05, 0) is 36.9 Å². The zero-order valence-corrected chi connectivity index (χ0v) is 16.3. The molecule has 0 spiro atoms. The van der Waals surface area contributed by atoms with Gasteiger partial charge in [-0.15, -0.1) is 0 Å². The first-order valence-corrected chi connectivity index (χ1v) is 9.77. The molecule has 1 aliphatic heterocycles. The summed E-state index contributed by atoms with van der Waals surface area (Å²) in [7, 11) is 0. The van der Waals surface area contributed by atoms with Crippen LogP contribution in [0.5, 0.6) is 0 Å². The Morgan fingerprint density at radius 3 is 2.38 bits per heavy atom. The van der Waals surface area contributed by atoms with Crippen LogP contribution in [0.2, 0.25) is 0 Å². The summed E-state index contributed by atoms with van der Waals surface area (Å²) in [6.07, 6.45) is 1.98. The SMILES string of the molecule is N=C(N)c1ccc(CN(C(=O)[C@H](N)Cc2ccccc2)C(=O)[C@@H]2CCCN2)cc1. The Bertz CT molecular complexity index is 861. The number of hydrogen-bond acceptors (Lipinski definition) is 5. The number of benzene rings is 2. The van der Waals surface area contributed by atoms with Crippen LogP contribution in [0.1, 0.15) is 29.5 Å². The van der Waals surface area contributed by atoms with Crippen molar-refractivity contribution < 1.29 is 9.59 Å². The summed E-state index contributed by atoms with van der Waals surface area (Å²) in [6, 6.07) is 15.3. The largest absolute Gasteiger partial charge is 0.384 e. The fraction of sp³-hybridized carbons (Fsp3) is 0.318. The monoisotopic (exact) mass is 393 g/mol. The first-order valence-electron chi connectivity index (χ1n) is 9.77. The predicted molar refractivity (Wildman–Crippen MR) is 112 cm³/mol. The van der Waals surface area contributed by atoms with E-state index in [4.69, 9.17) is 16.9 Å². The van der Waals surface area contributed by atoms with E-state index in [1.54, 1.807) is 24.3 Å². The molecule has 2 amide bonds. The highest BCUT2D eigenvalue weighted by molar-refractivity contribution is 6.00. The molecule has 152 valence electrons. The van der Waals surface area contributed by atoms with Crippen LogP contribution in [0, 0.1) is 5.41 Å². The van der Waals surface area contributed by atoms with E-state index in [0.717, 1.165) is 24.1 Å². The summed E-state index contributed by atoms with van der Waals surface area (Å²) in [5.74, 6) is -0.657. The van der Waals surface area contributed by atoms with Crippen LogP contribution in [-0.2, 0) is 22.6 Å². The quantitative estimate of drug-likeness (QED) is 0.415. The van der Waals surface area contributed by atoms with Crippen LogP contribution >= 0.6 is 0 Å². The second-order valence-corrected chi connectivity index (χ2v) is 7.32. The van der Waals surface area contributed by atoms with E-state index in [9.17, 15) is 9.59 Å². The van der Waals surface area contributed by atoms with Crippen molar-refractivity contribution in [2.75, 3.05) is 6.54 Å². The van der Waals surface area contributed by atoms with Crippen molar-refractivity contribution in [1.82, 2.24) is 10.2 Å². The number of imide groups is 1. The van der Waals surface area contributed by atoms with Crippen molar-refractivity contribution in [2.24, 2.45) is 11.5 Å². The molecule has 0 radical (unpaired) electrons. The number of nitrogen functional groups attached to an aromatic ring is 1. The molecule has 0 aromatic heterocycles. The van der Waals surface area contributed by atoms with Crippen LogP contribution in [0.25, 0.3) is 0 Å². The molecule has 1 aliphatic rings. The second-order valence-electron chi connectivity index (χ2n) is 7.32. The minimum atomic E-state index is -0.806. The lowest BCUT2D eigenvalue weighted by Gasteiger charge is -2.27. The average Bonchev–Trinajstić information content (AvgIpc) is 3.27. The van der Waals surface area contributed by atoms with Gasteiger partial charge in [0.15, 0.2) is 0 Å². The van der Waals surface area contributed by atoms with Crippen LogP contribution < -0.4 is 16.8 Å². The van der Waals surface area contributed by atoms with E-state index in [1.807, 2.05) is 30.3 Å². The number of rotatable bonds is 7. The number of amides is 2. The number of nitrogens with two attached hydrogens (primary N) is 2. The van der Waals surface area contributed by atoms with Crippen molar-refractivity contribution in [1.29, 1.82) is 5.41 Å². The molecule has 0 bridgehead atoms. The maximum atomic E-state index is 13.1. The van der Waals surface area contributed by atoms with E-state index in [-0.39, 0.29) is 30.2 Å². The molecule has 0 unspecified atom stereocenters. The van der Waals surface area contributed by atoms with Crippen molar-refractivity contribution in [2.45, 2.75) is 37.9 Å². The van der Waals surface area contributed by atoms with Crippen LogP contribution in [0.15, 0.2) is 54.6 Å². The zero-order chi connectivity index (χ0) is 20.8. The number of carbonyl (C=O) groups is 2. The third kappa shape index (κ3) is 5.28. The van der Waals surface area contributed by atoms with Gasteiger partial charge in [-0.3, -0.25) is 19.9 Å². The van der Waals surface area contributed by atoms with E-state index in [1.165, 1.54) is 4.90 Å². The maximum absolute atomic E-state index is 13.1. The summed E-state index contributed by atoms with van der Waals surface area (Å²) in [6.45, 7) is 0.901. The molecule has 1 saturated heterocycles. The average molecular weight is 393 g/mol. The summed E-state index contributed by atoms with van der Waals surface area (Å²) in [5.41, 5.74) is 14.0. The topological polar surface area (TPSA) is 125 Å². The predicted octanol–water partition coefficient (Wildman–Crippen LogP) is 1.15. The van der Waals surface area contributed by atoms with Crippen LogP contribution in [0.3, 0.4) is 0 Å². The molecule has 2 aromatic carbocycles. The number of hydrogen-bond donors (Lipinski definition) is 4. The van der Waals surface area contributed by atoms with E-state index in [0.29, 0.717) is 18.4 Å². The van der Waals surface area contributed by atoms with Crippen molar-refractivity contribution in [3.63, 3.8) is 0 Å². The Kier molecular flexibility index (Phi) is 6.74. The third-order valence-electron chi connectivity index (χ3n) is 5.11. The van der Waals surface area contributed by atoms with Gasteiger partial charge in [0.1, 0.15) is 5.84 Å². The smallest absolute Gasteiger partial charge is 0.246 e. The maximum Gasteiger partial charge on any atom is 0.246 e. The fourth-order valence-corrected chi connectivity index (χ4v) is 3.48. The highest BCUT2D eigenvalue weighted by Crippen LogP contribution is 2.15. The lowest BCUT2D eigenvalue weighted by Crippen LogP contribution is -2.52. The van der Waals surface area contributed by atoms with Crippen molar-refractivity contribution in [3.05, 3.63) is 71.3 Å². The van der Waals surface area contributed by atoms with Crippen LogP contribution in [-0.4, -0.2) is 41.2 Å². The molecule has 7 nitrogen and oxygen atoms in total. The third-order valence-corrected chi connectivity index (χ3v) is 5.11. The van der Waals surface area contributed by atoms with Gasteiger partial charge in [0.05, 0.1) is 18.6 Å². The molecule has 29 heavy (non-hydrogen) atoms. The molecule has 2 aromatic rings. The Hall–Kier alpha value is -3.03. The van der Waals surface area contributed by atoms with E-state index in [2.05, 4.69) is 5.32 Å². The number of nitrogens with one attached hydrogen (secondary N) is 2. The Labute approximate surface area is 170 Å². The standard InChI is InChI=1S/C22H27N5O2/c23-18(13-15-5-2-1-3-6-15)21(28)27(22(29)19-7-4-12-26-19)14-16-8-10-17(11-9-16)20(24)25/h1-3,5-6,8-11,18-19,26H,4,7,12-14,23H2,(H3,24,25)/t18-,19+/m1/s1. The second kappa shape index (κ2) is 9.45. The summed E-state index contributed by atoms with van der Waals surface area (Å²) >= 11 is 0. The molecular weight excluding hydrogens is 366 g/mol. The molecule has 3 rings (SSSR count). The Morgan fingerprint density at radius 2 is 1.79 bits per heavy atom. The highest BCUT2D eigenvalue weighted by Gasteiger charge is 2.33. The first-order chi connectivity index (χ1) is 14.0. The van der Waals surface area contributed by atoms with Crippen molar-refractivity contribution >= 4 is 17.6 Å². The Morgan fingerprint density at radius 1 is 1.10 bits per heavy atom. The molecule has 6 N–H and O–H groups in total. The van der Waals surface area contributed by atoms with Gasteiger partial charge in [-0.2, -0.15) is 0 Å². The zero-order valence-electron chi connectivity index (χ0n) is 16.3. The van der Waals surface area contributed by atoms with Gasteiger partial charge in [0.2, 0.25) is 11.8 Å². The number of carbonyl (C=O) groups excluding carboxylic acids is 2. The summed E-state index contributed by atoms with van der Waals surface area (Å²) in [4.78, 5) is 27.4. The molecular formula is C22H27N5O2. The van der Waals surface area contributed by atoms with E-state index < -0.39 is 6.04 Å². The molecule has 0 saturated carbocycles. The number of amidine groups is 1. The van der Waals surface area contributed by atoms with Gasteiger partial charge in [0.25, 0.3) is 0 Å². The molecule has 7 heteroatoms. The van der Waals surface area contributed by atoms with Gasteiger partial charge < -0.3 is 16.8 Å². The molecule has 1 heterocycles. The first kappa shape index (κ1) is 20.7. The molecule has 2 atom stereocenters. The van der Waals surface area contributed by atoms with Gasteiger partial charge in [-0.25, -0.2) is 0 Å². The van der Waals surface area contributed by atoms with Crippen LogP contribution in [0.4, 0.5) is 0 Å². The minimum absolute atomic E-state index is 0.0272. The van der Waals surface area contributed by atoms with Gasteiger partial charge in [-0.1, -0.05) is 54.6 Å². The van der Waals surface area contributed by atoms with Crippen molar-refractivity contribution in [3.8, 4) is 0 Å². The normalized spacial score (nSPS) is 16.9. The summed E-state index contributed by atoms with van der Waals surface area (Å²) < 4.78 is 0. The number of nitrogens with zero attached hydrogens (tertiary/aromatic N) is 1. The summed E-state index contributed by atoms with van der Waals surface area (Å²) in [5, 5.41) is 10.7. The molecule has 1 fully saturated rings. The highest BCUT2D eigenvalue weighted by atomic mass is 16.2.